The summed E-state index contributed by atoms with van der Waals surface area (Å²) in [6.45, 7) is 0.0296. The molecule has 18 heavy (non-hydrogen) atoms. The average Bonchev–Trinajstić information content (AvgIpc) is 2.47. The molecule has 0 aliphatic rings. The van der Waals surface area contributed by atoms with E-state index in [4.69, 9.17) is 0 Å². The van der Waals surface area contributed by atoms with E-state index < -0.39 is 0 Å². The first-order valence-corrected chi connectivity index (χ1v) is 5.77. The van der Waals surface area contributed by atoms with Gasteiger partial charge in [0.2, 0.25) is 0 Å². The smallest absolute Gasteiger partial charge is 0.0711 e. The first-order valence-electron chi connectivity index (χ1n) is 5.77. The molecule has 0 bridgehead atoms. The van der Waals surface area contributed by atoms with Crippen molar-refractivity contribution in [3.63, 3.8) is 0 Å². The van der Waals surface area contributed by atoms with E-state index in [-0.39, 0.29) is 6.61 Å². The fourth-order valence-electron chi connectivity index (χ4n) is 2.07. The van der Waals surface area contributed by atoms with Crippen LogP contribution in [0.3, 0.4) is 0 Å². The van der Waals surface area contributed by atoms with Crippen molar-refractivity contribution in [3.8, 4) is 11.3 Å². The van der Waals surface area contributed by atoms with E-state index in [9.17, 15) is 5.11 Å². The maximum atomic E-state index is 9.18. The van der Waals surface area contributed by atoms with Gasteiger partial charge < -0.3 is 5.11 Å². The summed E-state index contributed by atoms with van der Waals surface area (Å²) in [4.78, 5) is 8.50. The Kier molecular flexibility index (Phi) is 2.74. The Balaban J connectivity index is 2.24. The molecule has 2 heterocycles. The van der Waals surface area contributed by atoms with Crippen LogP contribution in [0, 0.1) is 0 Å². The van der Waals surface area contributed by atoms with E-state index in [1.807, 2.05) is 42.6 Å². The summed E-state index contributed by atoms with van der Waals surface area (Å²) in [6, 6.07) is 11.8. The molecular weight excluding hydrogens is 224 g/mol. The minimum absolute atomic E-state index is 0.0296. The van der Waals surface area contributed by atoms with Gasteiger partial charge in [0, 0.05) is 29.5 Å². The molecule has 1 N–H and O–H groups in total. The van der Waals surface area contributed by atoms with Crippen LogP contribution in [0.4, 0.5) is 0 Å². The van der Waals surface area contributed by atoms with Gasteiger partial charge in [-0.1, -0.05) is 18.2 Å². The Bertz CT molecular complexity index is 689. The molecule has 0 atom stereocenters. The molecule has 3 aromatic rings. The lowest BCUT2D eigenvalue weighted by molar-refractivity contribution is 0.282. The van der Waals surface area contributed by atoms with E-state index in [0.717, 1.165) is 27.6 Å². The third-order valence-electron chi connectivity index (χ3n) is 2.96. The maximum absolute atomic E-state index is 9.18. The van der Waals surface area contributed by atoms with Crippen molar-refractivity contribution in [2.24, 2.45) is 0 Å². The van der Waals surface area contributed by atoms with Crippen molar-refractivity contribution in [2.75, 3.05) is 0 Å². The Labute approximate surface area is 105 Å². The molecule has 0 fully saturated rings. The number of benzene rings is 1. The topological polar surface area (TPSA) is 46.0 Å². The van der Waals surface area contributed by atoms with E-state index >= 15 is 0 Å². The molecule has 3 heteroatoms. The molecule has 0 aliphatic heterocycles. The molecule has 0 aliphatic carbocycles. The molecular formula is C15H12N2O. The molecule has 0 spiro atoms. The molecule has 0 saturated carbocycles. The van der Waals surface area contributed by atoms with Crippen LogP contribution in [0.5, 0.6) is 0 Å². The Hall–Kier alpha value is -2.26. The first-order chi connectivity index (χ1) is 8.88. The molecule has 3 nitrogen and oxygen atoms in total. The van der Waals surface area contributed by atoms with Gasteiger partial charge in [0.15, 0.2) is 0 Å². The van der Waals surface area contributed by atoms with Crippen LogP contribution in [0.2, 0.25) is 0 Å². The molecule has 0 saturated heterocycles. The highest BCUT2D eigenvalue weighted by atomic mass is 16.3. The van der Waals surface area contributed by atoms with Gasteiger partial charge in [0.05, 0.1) is 12.3 Å². The molecule has 2 aromatic heterocycles. The van der Waals surface area contributed by atoms with Crippen molar-refractivity contribution < 1.29 is 5.11 Å². The number of pyridine rings is 2. The molecule has 0 amide bonds. The molecule has 0 unspecified atom stereocenters. The molecule has 3 rings (SSSR count). The zero-order valence-electron chi connectivity index (χ0n) is 9.74. The van der Waals surface area contributed by atoms with Crippen LogP contribution >= 0.6 is 0 Å². The predicted octanol–water partition coefficient (Wildman–Crippen LogP) is 2.79. The van der Waals surface area contributed by atoms with Crippen molar-refractivity contribution in [2.45, 2.75) is 6.61 Å². The van der Waals surface area contributed by atoms with Gasteiger partial charge in [-0.2, -0.15) is 0 Å². The van der Waals surface area contributed by atoms with E-state index in [2.05, 4.69) is 9.97 Å². The summed E-state index contributed by atoms with van der Waals surface area (Å²) in [5.41, 5.74) is 2.80. The van der Waals surface area contributed by atoms with Crippen LogP contribution in [-0.4, -0.2) is 15.1 Å². The largest absolute Gasteiger partial charge is 0.392 e. The van der Waals surface area contributed by atoms with Gasteiger partial charge in [-0.3, -0.25) is 9.97 Å². The van der Waals surface area contributed by atoms with Crippen LogP contribution in [0.15, 0.2) is 55.0 Å². The highest BCUT2D eigenvalue weighted by molar-refractivity contribution is 5.95. The normalized spacial score (nSPS) is 10.7. The standard InChI is InChI=1S/C15H12N2O/c18-10-11-4-7-17-15(8-11)14-3-1-2-12-9-16-6-5-13(12)14/h1-9,18H,10H2. The quantitative estimate of drug-likeness (QED) is 0.744. The number of fused-ring (bicyclic) bond motifs is 1. The van der Waals surface area contributed by atoms with Crippen LogP contribution in [0.25, 0.3) is 22.0 Å². The van der Waals surface area contributed by atoms with Crippen molar-refractivity contribution in [1.29, 1.82) is 0 Å². The van der Waals surface area contributed by atoms with Crippen LogP contribution in [0.1, 0.15) is 5.56 Å². The third kappa shape index (κ3) is 1.85. The Morgan fingerprint density at radius 3 is 2.89 bits per heavy atom. The fraction of sp³-hybridized carbons (Fsp3) is 0.0667. The fourth-order valence-corrected chi connectivity index (χ4v) is 2.07. The van der Waals surface area contributed by atoms with Gasteiger partial charge in [0.1, 0.15) is 0 Å². The summed E-state index contributed by atoms with van der Waals surface area (Å²) in [5.74, 6) is 0. The lowest BCUT2D eigenvalue weighted by atomic mass is 10.0. The zero-order valence-corrected chi connectivity index (χ0v) is 9.74. The number of rotatable bonds is 2. The van der Waals surface area contributed by atoms with Gasteiger partial charge in [-0.05, 0) is 29.1 Å². The van der Waals surface area contributed by atoms with Gasteiger partial charge in [-0.15, -0.1) is 0 Å². The van der Waals surface area contributed by atoms with Crippen molar-refractivity contribution >= 4 is 10.8 Å². The third-order valence-corrected chi connectivity index (χ3v) is 2.96. The number of hydrogen-bond donors (Lipinski definition) is 1. The lowest BCUT2D eigenvalue weighted by Crippen LogP contribution is -1.89. The predicted molar refractivity (Wildman–Crippen MR) is 70.9 cm³/mol. The number of aliphatic hydroxyl groups excluding tert-OH is 1. The number of nitrogens with zero attached hydrogens (tertiary/aromatic N) is 2. The lowest BCUT2D eigenvalue weighted by Gasteiger charge is -2.06. The van der Waals surface area contributed by atoms with Gasteiger partial charge >= 0.3 is 0 Å². The minimum atomic E-state index is 0.0296. The average molecular weight is 236 g/mol. The maximum Gasteiger partial charge on any atom is 0.0711 e. The van der Waals surface area contributed by atoms with Crippen LogP contribution in [-0.2, 0) is 6.61 Å². The van der Waals surface area contributed by atoms with Gasteiger partial charge in [0.25, 0.3) is 0 Å². The van der Waals surface area contributed by atoms with Crippen molar-refractivity contribution in [3.05, 3.63) is 60.6 Å². The second-order valence-corrected chi connectivity index (χ2v) is 4.11. The first kappa shape index (κ1) is 10.9. The van der Waals surface area contributed by atoms with Crippen LogP contribution < -0.4 is 0 Å². The summed E-state index contributed by atoms with van der Waals surface area (Å²) >= 11 is 0. The van der Waals surface area contributed by atoms with Crippen molar-refractivity contribution in [1.82, 2.24) is 9.97 Å². The number of hydrogen-bond acceptors (Lipinski definition) is 3. The second kappa shape index (κ2) is 4.55. The molecule has 0 radical (unpaired) electrons. The number of aromatic nitrogens is 2. The van der Waals surface area contributed by atoms with Gasteiger partial charge in [-0.25, -0.2) is 0 Å². The summed E-state index contributed by atoms with van der Waals surface area (Å²) in [6.07, 6.45) is 5.34. The minimum Gasteiger partial charge on any atom is -0.392 e. The summed E-state index contributed by atoms with van der Waals surface area (Å²) in [7, 11) is 0. The molecule has 88 valence electrons. The number of aliphatic hydroxyl groups is 1. The molecule has 1 aromatic carbocycles. The Morgan fingerprint density at radius 2 is 2.00 bits per heavy atom. The monoisotopic (exact) mass is 236 g/mol. The summed E-state index contributed by atoms with van der Waals surface area (Å²) in [5, 5.41) is 11.4. The zero-order chi connectivity index (χ0) is 12.4. The summed E-state index contributed by atoms with van der Waals surface area (Å²) < 4.78 is 0. The highest BCUT2D eigenvalue weighted by Gasteiger charge is 2.05. The van der Waals surface area contributed by atoms with E-state index in [0.29, 0.717) is 0 Å². The SMILES string of the molecule is OCc1ccnc(-c2cccc3cnccc23)c1. The highest BCUT2D eigenvalue weighted by Crippen LogP contribution is 2.26. The van der Waals surface area contributed by atoms with E-state index in [1.165, 1.54) is 0 Å². The van der Waals surface area contributed by atoms with E-state index in [1.54, 1.807) is 12.4 Å². The Morgan fingerprint density at radius 1 is 1.06 bits per heavy atom. The second-order valence-electron chi connectivity index (χ2n) is 4.11.